The molecule has 127 valence electrons. The zero-order chi connectivity index (χ0) is 15.2. The molecule has 0 spiro atoms. The SMILES string of the molecule is CN(C)CC1=C(c2[c-]c3ccccc3cc2)CC=C1.CO.[Cl-].[Cl-].[Ti+3]. The Morgan fingerprint density at radius 3 is 2.38 bits per heavy atom. The zero-order valence-corrected chi connectivity index (χ0v) is 17.3. The van der Waals surface area contributed by atoms with Gasteiger partial charge in [-0.1, -0.05) is 46.9 Å². The molecule has 1 aliphatic rings. The van der Waals surface area contributed by atoms with Crippen molar-refractivity contribution in [2.45, 2.75) is 6.42 Å². The third-order valence-corrected chi connectivity index (χ3v) is 3.50. The summed E-state index contributed by atoms with van der Waals surface area (Å²) in [6.07, 6.45) is 5.52. The van der Waals surface area contributed by atoms with Crippen LogP contribution in [-0.4, -0.2) is 37.8 Å². The standard InChI is InChI=1S/C18H18N.CH4O.2ClH.Ti/c1-19(2)13-17-8-5-9-18(17)16-11-10-14-6-3-4-7-15(14)12-16;1-2;;;/h3-8,10-11H,9,13H2,1-2H3;2H,1H3;2*1H;/q-1;;;;+3/p-2. The Labute approximate surface area is 172 Å². The summed E-state index contributed by atoms with van der Waals surface area (Å²) in [5, 5.41) is 9.45. The van der Waals surface area contributed by atoms with E-state index in [1.54, 1.807) is 0 Å². The molecule has 5 heteroatoms. The van der Waals surface area contributed by atoms with Crippen molar-refractivity contribution in [2.75, 3.05) is 27.7 Å². The molecule has 0 aromatic heterocycles. The number of allylic oxidation sites excluding steroid dienone is 2. The van der Waals surface area contributed by atoms with Crippen LogP contribution in [0.4, 0.5) is 0 Å². The van der Waals surface area contributed by atoms with Crippen molar-refractivity contribution in [3.8, 4) is 0 Å². The van der Waals surface area contributed by atoms with Crippen molar-refractivity contribution in [1.29, 1.82) is 0 Å². The average molecular weight is 399 g/mol. The van der Waals surface area contributed by atoms with Gasteiger partial charge in [-0.15, -0.1) is 35.2 Å². The fourth-order valence-electron chi connectivity index (χ4n) is 2.61. The van der Waals surface area contributed by atoms with E-state index in [1.165, 1.54) is 27.5 Å². The van der Waals surface area contributed by atoms with Gasteiger partial charge in [0.05, 0.1) is 0 Å². The third-order valence-electron chi connectivity index (χ3n) is 3.50. The van der Waals surface area contributed by atoms with Crippen LogP contribution in [0.5, 0.6) is 0 Å². The largest absolute Gasteiger partial charge is 3.00 e. The van der Waals surface area contributed by atoms with E-state index in [0.29, 0.717) is 0 Å². The van der Waals surface area contributed by atoms with E-state index < -0.39 is 0 Å². The summed E-state index contributed by atoms with van der Waals surface area (Å²) in [5.41, 5.74) is 4.07. The van der Waals surface area contributed by atoms with Crippen LogP contribution < -0.4 is 24.8 Å². The fraction of sp³-hybridized carbons (Fsp3) is 0.263. The Hall–Kier alpha value is -0.606. The Kier molecular flexibility index (Phi) is 13.6. The van der Waals surface area contributed by atoms with E-state index in [0.717, 1.165) is 20.1 Å². The molecular formula is C19H22Cl2NOTi. The minimum atomic E-state index is 0. The van der Waals surface area contributed by atoms with E-state index >= 15 is 0 Å². The summed E-state index contributed by atoms with van der Waals surface area (Å²) in [6.45, 7) is 0.993. The number of hydrogen-bond donors (Lipinski definition) is 1. The van der Waals surface area contributed by atoms with Crippen LogP contribution in [0.15, 0.2) is 54.1 Å². The summed E-state index contributed by atoms with van der Waals surface area (Å²) in [4.78, 5) is 2.21. The molecule has 0 aliphatic heterocycles. The van der Waals surface area contributed by atoms with Gasteiger partial charge >= 0.3 is 21.7 Å². The Bertz CT molecular complexity index is 684. The molecule has 2 nitrogen and oxygen atoms in total. The average Bonchev–Trinajstić information content (AvgIpc) is 2.96. The maximum Gasteiger partial charge on any atom is 3.00 e. The summed E-state index contributed by atoms with van der Waals surface area (Å²) in [6, 6.07) is 16.4. The van der Waals surface area contributed by atoms with Crippen molar-refractivity contribution < 1.29 is 51.6 Å². The minimum absolute atomic E-state index is 0. The quantitative estimate of drug-likeness (QED) is 0.457. The molecule has 0 atom stereocenters. The number of benzene rings is 2. The summed E-state index contributed by atoms with van der Waals surface area (Å²) < 4.78 is 0. The first-order valence-electron chi connectivity index (χ1n) is 7.13. The predicted molar refractivity (Wildman–Crippen MR) is 90.2 cm³/mol. The van der Waals surface area contributed by atoms with Crippen LogP contribution >= 0.6 is 0 Å². The third kappa shape index (κ3) is 6.36. The molecule has 1 radical (unpaired) electrons. The van der Waals surface area contributed by atoms with Gasteiger partial charge in [-0.05, 0) is 20.5 Å². The van der Waals surface area contributed by atoms with Gasteiger partial charge in [-0.2, -0.15) is 0 Å². The molecule has 1 aliphatic carbocycles. The van der Waals surface area contributed by atoms with E-state index in [-0.39, 0.29) is 46.5 Å². The minimum Gasteiger partial charge on any atom is -1.00 e. The topological polar surface area (TPSA) is 23.5 Å². The Balaban J connectivity index is 0. The van der Waals surface area contributed by atoms with Crippen molar-refractivity contribution in [1.82, 2.24) is 4.90 Å². The molecule has 0 amide bonds. The van der Waals surface area contributed by atoms with Crippen LogP contribution in [0.3, 0.4) is 0 Å². The van der Waals surface area contributed by atoms with Crippen LogP contribution in [0, 0.1) is 6.07 Å². The van der Waals surface area contributed by atoms with Crippen LogP contribution in [0.25, 0.3) is 16.3 Å². The first-order valence-corrected chi connectivity index (χ1v) is 7.13. The molecule has 0 saturated heterocycles. The van der Waals surface area contributed by atoms with Crippen LogP contribution in [-0.2, 0) is 21.7 Å². The number of nitrogens with zero attached hydrogens (tertiary/aromatic N) is 1. The van der Waals surface area contributed by atoms with Gasteiger partial charge in [0.2, 0.25) is 0 Å². The van der Waals surface area contributed by atoms with E-state index in [4.69, 9.17) is 5.11 Å². The predicted octanol–water partition coefficient (Wildman–Crippen LogP) is -2.47. The second kappa shape index (κ2) is 12.7. The van der Waals surface area contributed by atoms with Gasteiger partial charge in [0, 0.05) is 13.7 Å². The smallest absolute Gasteiger partial charge is 1.00 e. The second-order valence-electron chi connectivity index (χ2n) is 5.31. The van der Waals surface area contributed by atoms with Gasteiger partial charge < -0.3 is 34.8 Å². The molecule has 0 bridgehead atoms. The molecule has 2 aromatic rings. The normalized spacial score (nSPS) is 12.0. The van der Waals surface area contributed by atoms with E-state index in [9.17, 15) is 0 Å². The molecule has 0 saturated carbocycles. The molecule has 0 unspecified atom stereocenters. The van der Waals surface area contributed by atoms with Crippen LogP contribution in [0.1, 0.15) is 12.0 Å². The number of halogens is 2. The van der Waals surface area contributed by atoms with Crippen molar-refractivity contribution >= 4 is 16.3 Å². The molecule has 0 heterocycles. The number of fused-ring (bicyclic) bond motifs is 1. The van der Waals surface area contributed by atoms with Gasteiger partial charge in [0.15, 0.2) is 0 Å². The fourth-order valence-corrected chi connectivity index (χ4v) is 2.61. The monoisotopic (exact) mass is 398 g/mol. The maximum absolute atomic E-state index is 7.00. The van der Waals surface area contributed by atoms with Gasteiger partial charge in [-0.3, -0.25) is 0 Å². The van der Waals surface area contributed by atoms with E-state index in [1.807, 2.05) is 0 Å². The first-order chi connectivity index (χ1) is 10.2. The zero-order valence-electron chi connectivity index (χ0n) is 14.2. The van der Waals surface area contributed by atoms with Gasteiger partial charge in [-0.25, -0.2) is 0 Å². The first kappa shape index (κ1) is 25.6. The maximum atomic E-state index is 7.00. The van der Waals surface area contributed by atoms with Crippen LogP contribution in [0.2, 0.25) is 0 Å². The van der Waals surface area contributed by atoms with Crippen molar-refractivity contribution in [2.24, 2.45) is 0 Å². The molecule has 24 heavy (non-hydrogen) atoms. The van der Waals surface area contributed by atoms with Crippen molar-refractivity contribution in [3.05, 3.63) is 65.8 Å². The summed E-state index contributed by atoms with van der Waals surface area (Å²) >= 11 is 0. The Morgan fingerprint density at radius 2 is 1.71 bits per heavy atom. The Morgan fingerprint density at radius 1 is 1.04 bits per heavy atom. The van der Waals surface area contributed by atoms with E-state index in [2.05, 4.69) is 73.6 Å². The molecule has 1 N–H and O–H groups in total. The number of aliphatic hydroxyl groups excluding tert-OH is 1. The number of likely N-dealkylation sites (N-methyl/N-ethyl adjacent to an activating group) is 1. The number of hydrogen-bond acceptors (Lipinski definition) is 2. The van der Waals surface area contributed by atoms with Gasteiger partial charge in [0.25, 0.3) is 0 Å². The number of rotatable bonds is 3. The second-order valence-corrected chi connectivity index (χ2v) is 5.31. The summed E-state index contributed by atoms with van der Waals surface area (Å²) in [5.74, 6) is 0. The van der Waals surface area contributed by atoms with Crippen molar-refractivity contribution in [3.63, 3.8) is 0 Å². The molecule has 2 aromatic carbocycles. The molecule has 3 rings (SSSR count). The summed E-state index contributed by atoms with van der Waals surface area (Å²) in [7, 11) is 5.22. The number of aliphatic hydroxyl groups is 1. The van der Waals surface area contributed by atoms with Gasteiger partial charge in [0.1, 0.15) is 0 Å². The molecular weight excluding hydrogens is 377 g/mol. The molecule has 0 fully saturated rings.